The number of nitrogens with zero attached hydrogens (tertiary/aromatic N) is 1. The molecule has 0 unspecified atom stereocenters. The molecule has 3 aromatic rings. The zero-order valence-corrected chi connectivity index (χ0v) is 19.1. The second-order valence-corrected chi connectivity index (χ2v) is 9.45. The number of allylic oxidation sites excluding steroid dienone is 1. The van der Waals surface area contributed by atoms with Crippen molar-refractivity contribution in [2.24, 2.45) is 0 Å². The number of carbonyl (C=O) groups is 1. The molecule has 0 bridgehead atoms. The topological polar surface area (TPSA) is 38.8 Å². The maximum Gasteiger partial charge on any atom is 0.232 e. The summed E-state index contributed by atoms with van der Waals surface area (Å²) in [6.07, 6.45) is 2.58. The first-order chi connectivity index (χ1) is 15.0. The average molecular weight is 472 g/mol. The van der Waals surface area contributed by atoms with Crippen LogP contribution in [0, 0.1) is 6.92 Å². The second kappa shape index (κ2) is 8.32. The molecule has 31 heavy (non-hydrogen) atoms. The molecule has 0 aliphatic carbocycles. The van der Waals surface area contributed by atoms with Crippen molar-refractivity contribution in [2.45, 2.75) is 19.9 Å². The van der Waals surface area contributed by atoms with Crippen LogP contribution < -0.4 is 9.47 Å². The predicted octanol–water partition coefficient (Wildman–Crippen LogP) is 6.37. The molecule has 0 spiro atoms. The minimum atomic E-state index is -0.165. The molecule has 2 aromatic carbocycles. The molecule has 0 saturated carbocycles. The quantitative estimate of drug-likeness (QED) is 0.414. The van der Waals surface area contributed by atoms with Crippen LogP contribution in [0.25, 0.3) is 6.08 Å². The third-order valence-electron chi connectivity index (χ3n) is 5.52. The van der Waals surface area contributed by atoms with Crippen LogP contribution in [0.4, 0.5) is 0 Å². The van der Waals surface area contributed by atoms with Gasteiger partial charge in [0.2, 0.25) is 5.78 Å². The molecule has 7 heteroatoms. The van der Waals surface area contributed by atoms with Gasteiger partial charge in [0.1, 0.15) is 18.2 Å². The first kappa shape index (κ1) is 20.6. The van der Waals surface area contributed by atoms with Crippen molar-refractivity contribution in [1.29, 1.82) is 0 Å². The fourth-order valence-electron chi connectivity index (χ4n) is 3.92. The van der Waals surface area contributed by atoms with Crippen LogP contribution in [0.2, 0.25) is 10.0 Å². The van der Waals surface area contributed by atoms with Gasteiger partial charge >= 0.3 is 0 Å². The summed E-state index contributed by atoms with van der Waals surface area (Å²) in [7, 11) is 0. The normalized spacial score (nSPS) is 16.7. The third kappa shape index (κ3) is 3.87. The Kier molecular flexibility index (Phi) is 5.52. The minimum Gasteiger partial charge on any atom is -0.478 e. The molecule has 3 heterocycles. The summed E-state index contributed by atoms with van der Waals surface area (Å²) in [5.74, 6) is 1.41. The molecule has 0 fully saturated rings. The lowest BCUT2D eigenvalue weighted by Gasteiger charge is -2.30. The summed E-state index contributed by atoms with van der Waals surface area (Å²) in [6, 6.07) is 11.4. The first-order valence-corrected chi connectivity index (χ1v) is 11.6. The van der Waals surface area contributed by atoms with E-state index in [4.69, 9.17) is 32.7 Å². The lowest BCUT2D eigenvalue weighted by molar-refractivity contribution is 0.0951. The van der Waals surface area contributed by atoms with Gasteiger partial charge in [0, 0.05) is 33.6 Å². The number of halogens is 2. The number of ketones is 1. The Labute approximate surface area is 194 Å². The van der Waals surface area contributed by atoms with E-state index in [2.05, 4.69) is 22.4 Å². The predicted molar refractivity (Wildman–Crippen MR) is 125 cm³/mol. The molecule has 0 N–H and O–H groups in total. The minimum absolute atomic E-state index is 0.165. The highest BCUT2D eigenvalue weighted by Crippen LogP contribution is 2.44. The number of hydrogen-bond acceptors (Lipinski definition) is 5. The summed E-state index contributed by atoms with van der Waals surface area (Å²) >= 11 is 14.3. The van der Waals surface area contributed by atoms with Crippen molar-refractivity contribution < 1.29 is 14.3 Å². The van der Waals surface area contributed by atoms with Gasteiger partial charge in [-0.05, 0) is 54.6 Å². The Balaban J connectivity index is 1.46. The van der Waals surface area contributed by atoms with E-state index in [1.807, 2.05) is 13.0 Å². The number of fused-ring (bicyclic) bond motifs is 3. The number of carbonyl (C=O) groups excluding carboxylic acids is 1. The lowest BCUT2D eigenvalue weighted by atomic mass is 9.98. The fraction of sp³-hybridized carbons (Fsp3) is 0.208. The Morgan fingerprint density at radius 1 is 1.19 bits per heavy atom. The molecule has 4 nitrogen and oxygen atoms in total. The number of benzene rings is 2. The third-order valence-corrected chi connectivity index (χ3v) is 7.11. The van der Waals surface area contributed by atoms with Crippen LogP contribution in [0.1, 0.15) is 31.9 Å². The maximum absolute atomic E-state index is 13.2. The van der Waals surface area contributed by atoms with Gasteiger partial charge in [0.15, 0.2) is 5.76 Å². The van der Waals surface area contributed by atoms with E-state index in [0.717, 1.165) is 29.8 Å². The molecule has 2 aliphatic heterocycles. The van der Waals surface area contributed by atoms with E-state index in [9.17, 15) is 4.79 Å². The van der Waals surface area contributed by atoms with Gasteiger partial charge in [-0.15, -0.1) is 11.3 Å². The Bertz CT molecular complexity index is 1180. The molecule has 0 amide bonds. The molecule has 0 atom stereocenters. The Hall–Kier alpha value is -2.31. The molecule has 5 rings (SSSR count). The lowest BCUT2D eigenvalue weighted by Crippen LogP contribution is -2.33. The first-order valence-electron chi connectivity index (χ1n) is 9.93. The number of ether oxygens (including phenoxy) is 2. The van der Waals surface area contributed by atoms with Gasteiger partial charge in [-0.25, -0.2) is 0 Å². The van der Waals surface area contributed by atoms with E-state index in [-0.39, 0.29) is 11.5 Å². The number of hydrogen-bond donors (Lipinski definition) is 0. The van der Waals surface area contributed by atoms with Gasteiger partial charge in [0.05, 0.1) is 11.1 Å². The zero-order valence-electron chi connectivity index (χ0n) is 16.8. The molecule has 158 valence electrons. The molecule has 0 saturated heterocycles. The molecular formula is C24H19Cl2NO3S. The van der Waals surface area contributed by atoms with Gasteiger partial charge in [-0.3, -0.25) is 9.69 Å². The van der Waals surface area contributed by atoms with Crippen molar-refractivity contribution in [2.75, 3.05) is 13.3 Å². The van der Waals surface area contributed by atoms with Crippen LogP contribution in [-0.2, 0) is 13.0 Å². The van der Waals surface area contributed by atoms with Gasteiger partial charge in [-0.2, -0.15) is 0 Å². The van der Waals surface area contributed by atoms with Crippen LogP contribution in [-0.4, -0.2) is 24.0 Å². The van der Waals surface area contributed by atoms with Crippen molar-refractivity contribution in [3.8, 4) is 11.5 Å². The van der Waals surface area contributed by atoms with Crippen LogP contribution in [0.5, 0.6) is 11.5 Å². The Morgan fingerprint density at radius 2 is 2.00 bits per heavy atom. The highest BCUT2D eigenvalue weighted by molar-refractivity contribution is 7.09. The summed E-state index contributed by atoms with van der Waals surface area (Å²) in [5.41, 5.74) is 2.89. The van der Waals surface area contributed by atoms with Crippen molar-refractivity contribution in [3.63, 3.8) is 0 Å². The van der Waals surface area contributed by atoms with Crippen LogP contribution >= 0.6 is 34.5 Å². The monoisotopic (exact) mass is 471 g/mol. The van der Waals surface area contributed by atoms with E-state index in [1.54, 1.807) is 35.6 Å². The van der Waals surface area contributed by atoms with E-state index in [1.165, 1.54) is 4.88 Å². The van der Waals surface area contributed by atoms with E-state index >= 15 is 0 Å². The van der Waals surface area contributed by atoms with Crippen LogP contribution in [0.3, 0.4) is 0 Å². The number of aryl methyl sites for hydroxylation is 1. The highest BCUT2D eigenvalue weighted by atomic mass is 35.5. The average Bonchev–Trinajstić information content (AvgIpc) is 3.38. The van der Waals surface area contributed by atoms with Crippen LogP contribution in [0.15, 0.2) is 47.5 Å². The SMILES string of the molecule is Cc1cc2c(c3c1C(=O)/C(=C/c1c(Cl)cccc1Cl)O3)CN(CCc1cccs1)CO2. The van der Waals surface area contributed by atoms with E-state index in [0.29, 0.717) is 40.2 Å². The molecule has 1 aromatic heterocycles. The number of rotatable bonds is 4. The fourth-order valence-corrected chi connectivity index (χ4v) is 5.13. The van der Waals surface area contributed by atoms with Gasteiger partial charge < -0.3 is 9.47 Å². The maximum atomic E-state index is 13.2. The van der Waals surface area contributed by atoms with E-state index < -0.39 is 0 Å². The molecule has 2 aliphatic rings. The van der Waals surface area contributed by atoms with Crippen molar-refractivity contribution in [1.82, 2.24) is 4.90 Å². The van der Waals surface area contributed by atoms with Crippen molar-refractivity contribution in [3.05, 3.63) is 84.7 Å². The number of thiophene rings is 1. The Morgan fingerprint density at radius 3 is 2.74 bits per heavy atom. The smallest absolute Gasteiger partial charge is 0.232 e. The summed E-state index contributed by atoms with van der Waals surface area (Å²) < 4.78 is 12.1. The largest absolute Gasteiger partial charge is 0.478 e. The second-order valence-electron chi connectivity index (χ2n) is 7.60. The highest BCUT2D eigenvalue weighted by Gasteiger charge is 2.35. The number of Topliss-reactive ketones (excluding diaryl/α,β-unsaturated/α-hetero) is 1. The van der Waals surface area contributed by atoms with Gasteiger partial charge in [-0.1, -0.05) is 35.3 Å². The summed E-state index contributed by atoms with van der Waals surface area (Å²) in [5, 5.41) is 3.02. The molecule has 0 radical (unpaired) electrons. The van der Waals surface area contributed by atoms with Crippen molar-refractivity contribution >= 4 is 46.4 Å². The molecular weight excluding hydrogens is 453 g/mol. The summed E-state index contributed by atoms with van der Waals surface area (Å²) in [6.45, 7) is 3.95. The zero-order chi connectivity index (χ0) is 21.5. The van der Waals surface area contributed by atoms with Gasteiger partial charge in [0.25, 0.3) is 0 Å². The summed E-state index contributed by atoms with van der Waals surface area (Å²) in [4.78, 5) is 16.7. The standard InChI is InChI=1S/C24H19Cl2NO3S/c1-14-10-20-17(12-27(13-29-20)8-7-15-4-3-9-31-15)24-22(14)23(28)21(30-24)11-16-18(25)5-2-6-19(16)26/h2-6,9-11H,7-8,12-13H2,1H3/b21-11-.